The van der Waals surface area contributed by atoms with Crippen LogP contribution in [0, 0.1) is 5.92 Å². The van der Waals surface area contributed by atoms with Crippen LogP contribution in [0.2, 0.25) is 0 Å². The Morgan fingerprint density at radius 3 is 2.75 bits per heavy atom. The number of fused-ring (bicyclic) bond motifs is 1. The number of halogens is 1. The van der Waals surface area contributed by atoms with Crippen LogP contribution in [0.25, 0.3) is 10.8 Å². The molecule has 48 heavy (non-hydrogen) atoms. The third-order valence-electron chi connectivity index (χ3n) is 10.3. The number of pyridine rings is 2. The lowest BCUT2D eigenvalue weighted by Crippen LogP contribution is -2.62. The molecule has 1 N–H and O–H groups in total. The summed E-state index contributed by atoms with van der Waals surface area (Å²) < 4.78 is 51.1. The fourth-order valence-electron chi connectivity index (χ4n) is 7.57. The number of carbonyl (C=O) groups excluding carboxylic acids is 1. The summed E-state index contributed by atoms with van der Waals surface area (Å²) in [7, 11) is -1.70. The average Bonchev–Trinajstić information content (AvgIpc) is 3.58. The van der Waals surface area contributed by atoms with E-state index in [1.807, 2.05) is 24.1 Å². The predicted octanol–water partition coefficient (Wildman–Crippen LogP) is 3.21. The molecule has 256 valence electrons. The number of ether oxygens (including phenoxy) is 2. The molecule has 7 heterocycles. The maximum atomic E-state index is 14.6. The van der Waals surface area contributed by atoms with Crippen molar-refractivity contribution in [3.05, 3.63) is 49.1 Å². The monoisotopic (exact) mass is 680 g/mol. The average molecular weight is 681 g/mol. The van der Waals surface area contributed by atoms with E-state index in [2.05, 4.69) is 26.8 Å². The SMILES string of the molecule is C=CC(=O)N1CCCC1c1ncc(N2CC(C3COCCS3(=O)=O)C2C)c2cnc(Nc3ccnc(N4CC[C@@H](OC)[C@@H](F)C4)n3)cc12. The van der Waals surface area contributed by atoms with E-state index in [0.29, 0.717) is 43.6 Å². The number of rotatable bonds is 8. The van der Waals surface area contributed by atoms with Crippen molar-refractivity contribution in [1.29, 1.82) is 0 Å². The molecule has 13 nitrogen and oxygen atoms in total. The predicted molar refractivity (Wildman–Crippen MR) is 180 cm³/mol. The summed E-state index contributed by atoms with van der Waals surface area (Å²) in [6, 6.07) is 3.36. The Hall–Kier alpha value is -3.95. The van der Waals surface area contributed by atoms with Crippen LogP contribution in [0.1, 0.15) is 37.9 Å². The van der Waals surface area contributed by atoms with Crippen molar-refractivity contribution < 1.29 is 27.1 Å². The minimum atomic E-state index is -3.22. The largest absolute Gasteiger partial charge is 0.379 e. The first-order valence-corrected chi connectivity index (χ1v) is 18.2. The number of amides is 1. The lowest BCUT2D eigenvalue weighted by molar-refractivity contribution is -0.126. The molecule has 4 saturated heterocycles. The number of likely N-dealkylation sites (tertiary alicyclic amines) is 1. The van der Waals surface area contributed by atoms with Gasteiger partial charge in [0.25, 0.3) is 0 Å². The van der Waals surface area contributed by atoms with Gasteiger partial charge in [0.15, 0.2) is 9.84 Å². The van der Waals surface area contributed by atoms with E-state index in [9.17, 15) is 17.6 Å². The summed E-state index contributed by atoms with van der Waals surface area (Å²) in [4.78, 5) is 37.3. The quantitative estimate of drug-likeness (QED) is 0.349. The van der Waals surface area contributed by atoms with E-state index in [4.69, 9.17) is 19.4 Å². The number of methoxy groups -OCH3 is 1. The van der Waals surface area contributed by atoms with Crippen molar-refractivity contribution >= 4 is 49.8 Å². The van der Waals surface area contributed by atoms with Crippen LogP contribution in [0.15, 0.2) is 43.4 Å². The first-order valence-electron chi connectivity index (χ1n) is 16.5. The Morgan fingerprint density at radius 1 is 1.15 bits per heavy atom. The number of carbonyl (C=O) groups is 1. The molecule has 0 bridgehead atoms. The Kier molecular flexibility index (Phi) is 8.94. The number of nitrogens with one attached hydrogen (secondary N) is 1. The third kappa shape index (κ3) is 5.96. The van der Waals surface area contributed by atoms with E-state index in [1.165, 1.54) is 13.2 Å². The van der Waals surface area contributed by atoms with Gasteiger partial charge in [-0.15, -0.1) is 0 Å². The molecule has 6 atom stereocenters. The summed E-state index contributed by atoms with van der Waals surface area (Å²) in [5.74, 6) is 1.29. The first kappa shape index (κ1) is 32.6. The van der Waals surface area contributed by atoms with E-state index in [0.717, 1.165) is 35.0 Å². The molecule has 4 unspecified atom stereocenters. The van der Waals surface area contributed by atoms with E-state index in [-0.39, 0.29) is 49.4 Å². The van der Waals surface area contributed by atoms with Crippen LogP contribution in [0.3, 0.4) is 0 Å². The van der Waals surface area contributed by atoms with Crippen molar-refractivity contribution in [1.82, 2.24) is 24.8 Å². The summed E-state index contributed by atoms with van der Waals surface area (Å²) in [5, 5.41) is 4.45. The van der Waals surface area contributed by atoms with Gasteiger partial charge < -0.3 is 29.5 Å². The molecular formula is C33H41FN8O5S. The first-order chi connectivity index (χ1) is 23.2. The summed E-state index contributed by atoms with van der Waals surface area (Å²) in [5.41, 5.74) is 1.62. The van der Waals surface area contributed by atoms with Crippen LogP contribution in [-0.2, 0) is 24.1 Å². The van der Waals surface area contributed by atoms with Crippen molar-refractivity contribution in [2.45, 2.75) is 55.8 Å². The van der Waals surface area contributed by atoms with Gasteiger partial charge in [0.1, 0.15) is 17.8 Å². The molecule has 15 heteroatoms. The minimum absolute atomic E-state index is 0.0530. The van der Waals surface area contributed by atoms with Crippen molar-refractivity contribution in [3.8, 4) is 0 Å². The third-order valence-corrected chi connectivity index (χ3v) is 12.5. The van der Waals surface area contributed by atoms with Gasteiger partial charge in [0.2, 0.25) is 11.9 Å². The van der Waals surface area contributed by atoms with Gasteiger partial charge in [-0.2, -0.15) is 4.98 Å². The Bertz CT molecular complexity index is 1810. The molecule has 4 aliphatic rings. The molecule has 0 aromatic carbocycles. The molecule has 0 aliphatic carbocycles. The van der Waals surface area contributed by atoms with E-state index in [1.54, 1.807) is 23.4 Å². The number of sulfone groups is 1. The number of hydrogen-bond donors (Lipinski definition) is 1. The zero-order chi connectivity index (χ0) is 33.6. The highest BCUT2D eigenvalue weighted by Gasteiger charge is 2.48. The molecular weight excluding hydrogens is 639 g/mol. The summed E-state index contributed by atoms with van der Waals surface area (Å²) in [6.07, 6.45) is 7.15. The van der Waals surface area contributed by atoms with Crippen LogP contribution >= 0.6 is 0 Å². The van der Waals surface area contributed by atoms with Gasteiger partial charge in [-0.05, 0) is 44.4 Å². The summed E-state index contributed by atoms with van der Waals surface area (Å²) in [6.45, 7) is 8.09. The summed E-state index contributed by atoms with van der Waals surface area (Å²) >= 11 is 0. The highest BCUT2D eigenvalue weighted by Crippen LogP contribution is 2.43. The highest BCUT2D eigenvalue weighted by molar-refractivity contribution is 7.92. The molecule has 3 aromatic rings. The number of nitrogens with zero attached hydrogens (tertiary/aromatic N) is 7. The Morgan fingerprint density at radius 2 is 2.00 bits per heavy atom. The van der Waals surface area contributed by atoms with Crippen molar-refractivity contribution in [3.63, 3.8) is 0 Å². The highest BCUT2D eigenvalue weighted by atomic mass is 32.2. The molecule has 0 spiro atoms. The lowest BCUT2D eigenvalue weighted by Gasteiger charge is -2.51. The number of aromatic nitrogens is 4. The molecule has 4 aliphatic heterocycles. The topological polar surface area (TPSA) is 143 Å². The fourth-order valence-corrected chi connectivity index (χ4v) is 9.38. The van der Waals surface area contributed by atoms with Gasteiger partial charge in [-0.3, -0.25) is 9.78 Å². The Balaban J connectivity index is 1.20. The fraction of sp³-hybridized carbons (Fsp3) is 0.545. The van der Waals surface area contributed by atoms with Crippen molar-refractivity contribution in [2.24, 2.45) is 5.92 Å². The number of piperidine rings is 1. The van der Waals surface area contributed by atoms with Gasteiger partial charge in [0.05, 0.1) is 60.5 Å². The Labute approximate surface area is 279 Å². The van der Waals surface area contributed by atoms with Gasteiger partial charge >= 0.3 is 0 Å². The molecule has 0 saturated carbocycles. The molecule has 4 fully saturated rings. The normalized spacial score (nSPS) is 28.7. The van der Waals surface area contributed by atoms with E-state index < -0.39 is 27.4 Å². The van der Waals surface area contributed by atoms with Crippen LogP contribution < -0.4 is 15.1 Å². The van der Waals surface area contributed by atoms with Gasteiger partial charge in [-0.25, -0.2) is 22.8 Å². The molecule has 0 radical (unpaired) electrons. The smallest absolute Gasteiger partial charge is 0.246 e. The minimum Gasteiger partial charge on any atom is -0.379 e. The van der Waals surface area contributed by atoms with Crippen LogP contribution in [0.4, 0.5) is 27.7 Å². The molecule has 7 rings (SSSR count). The number of anilines is 4. The second-order valence-corrected chi connectivity index (χ2v) is 15.3. The number of hydrogen-bond acceptors (Lipinski definition) is 12. The van der Waals surface area contributed by atoms with E-state index >= 15 is 0 Å². The second kappa shape index (κ2) is 13.2. The van der Waals surface area contributed by atoms with Crippen LogP contribution in [0.5, 0.6) is 0 Å². The zero-order valence-corrected chi connectivity index (χ0v) is 28.0. The maximum absolute atomic E-state index is 14.6. The zero-order valence-electron chi connectivity index (χ0n) is 27.2. The second-order valence-electron chi connectivity index (χ2n) is 13.0. The van der Waals surface area contributed by atoms with Crippen LogP contribution in [-0.4, -0.2) is 115 Å². The lowest BCUT2D eigenvalue weighted by atomic mass is 9.85. The van der Waals surface area contributed by atoms with Gasteiger partial charge in [-0.1, -0.05) is 6.58 Å². The van der Waals surface area contributed by atoms with Gasteiger partial charge in [0, 0.05) is 61.9 Å². The standard InChI is InChI=1S/C33H41FN8O5S/c1-4-31(43)41-10-5-6-25(41)32-21-14-30(38-29-7-9-35-33(39-29)40-11-8-27(46-3)24(34)18-40)36-15-22(21)26(16-37-32)42-17-23(20(42)2)28-19-47-12-13-48(28,44)45/h4,7,9,14-16,20,23-25,27-28H,1,5-6,8,10-13,17-19H2,2-3H3,(H,35,36,38,39)/t20?,23?,24-,25?,27+,28?/m0/s1. The van der Waals surface area contributed by atoms with Crippen molar-refractivity contribution in [2.75, 3.05) is 67.4 Å². The molecule has 3 aromatic heterocycles. The maximum Gasteiger partial charge on any atom is 0.246 e. The molecule has 1 amide bonds. The number of alkyl halides is 1.